The molecule has 0 aliphatic carbocycles. The highest BCUT2D eigenvalue weighted by Crippen LogP contribution is 2.44. The molecule has 5 nitrogen and oxygen atoms in total. The highest BCUT2D eigenvalue weighted by Gasteiger charge is 2.35. The zero-order valence-electron chi connectivity index (χ0n) is 15.4. The van der Waals surface area contributed by atoms with Crippen molar-refractivity contribution in [2.75, 3.05) is 13.3 Å². The maximum atomic E-state index is 12.9. The summed E-state index contributed by atoms with van der Waals surface area (Å²) in [5.74, 6) is 2.20. The minimum absolute atomic E-state index is 0.109. The van der Waals surface area contributed by atoms with E-state index in [2.05, 4.69) is 22.4 Å². The van der Waals surface area contributed by atoms with Gasteiger partial charge in [0.15, 0.2) is 5.76 Å². The first-order chi connectivity index (χ1) is 13.7. The minimum Gasteiger partial charge on any atom is -0.478 e. The lowest BCUT2D eigenvalue weighted by atomic mass is 9.99. The molecule has 2 aliphatic rings. The van der Waals surface area contributed by atoms with E-state index in [-0.39, 0.29) is 11.5 Å². The lowest BCUT2D eigenvalue weighted by Gasteiger charge is -2.30. The number of carbonyl (C=O) groups is 1. The van der Waals surface area contributed by atoms with Crippen LogP contribution in [0.3, 0.4) is 0 Å². The van der Waals surface area contributed by atoms with Crippen LogP contribution in [0.4, 0.5) is 0 Å². The molecule has 0 amide bonds. The van der Waals surface area contributed by atoms with Crippen molar-refractivity contribution < 1.29 is 18.7 Å². The van der Waals surface area contributed by atoms with Crippen molar-refractivity contribution in [1.82, 2.24) is 4.90 Å². The summed E-state index contributed by atoms with van der Waals surface area (Å²) in [5, 5.41) is 2.10. The van der Waals surface area contributed by atoms with Gasteiger partial charge in [-0.1, -0.05) is 6.07 Å². The molecule has 2 aliphatic heterocycles. The molecule has 0 fully saturated rings. The molecular weight excluding hydrogens is 374 g/mol. The Morgan fingerprint density at radius 2 is 2.21 bits per heavy atom. The third-order valence-corrected chi connectivity index (χ3v) is 5.99. The number of thiophene rings is 1. The van der Waals surface area contributed by atoms with Crippen LogP contribution >= 0.6 is 11.3 Å². The van der Waals surface area contributed by atoms with E-state index in [4.69, 9.17) is 13.9 Å². The first-order valence-electron chi connectivity index (χ1n) is 9.21. The van der Waals surface area contributed by atoms with E-state index in [1.54, 1.807) is 35.8 Å². The van der Waals surface area contributed by atoms with Gasteiger partial charge >= 0.3 is 0 Å². The van der Waals surface area contributed by atoms with Crippen LogP contribution in [0.25, 0.3) is 6.08 Å². The van der Waals surface area contributed by atoms with E-state index >= 15 is 0 Å². The molecule has 0 N–H and O–H groups in total. The smallest absolute Gasteiger partial charge is 0.232 e. The number of nitrogens with zero attached hydrogens (tertiary/aromatic N) is 1. The zero-order chi connectivity index (χ0) is 19.1. The lowest BCUT2D eigenvalue weighted by molar-refractivity contribution is 0.0951. The molecule has 2 aromatic heterocycles. The van der Waals surface area contributed by atoms with E-state index in [0.717, 1.165) is 29.8 Å². The second kappa shape index (κ2) is 6.96. The number of ether oxygens (including phenoxy) is 2. The summed E-state index contributed by atoms with van der Waals surface area (Å²) >= 11 is 1.77. The van der Waals surface area contributed by atoms with Crippen molar-refractivity contribution in [2.45, 2.75) is 19.9 Å². The molecule has 5 rings (SSSR count). The molecule has 3 aromatic rings. The van der Waals surface area contributed by atoms with E-state index in [0.29, 0.717) is 30.3 Å². The van der Waals surface area contributed by atoms with Crippen molar-refractivity contribution in [3.8, 4) is 11.5 Å². The molecule has 0 radical (unpaired) electrons. The molecule has 0 unspecified atom stereocenters. The SMILES string of the molecule is Cc1cc2c(c3c1C(=O)/C(=C/c1ccco1)O3)CN(CCc1cccs1)CO2. The van der Waals surface area contributed by atoms with Crippen LogP contribution in [0.2, 0.25) is 0 Å². The predicted octanol–water partition coefficient (Wildman–Crippen LogP) is 4.66. The zero-order valence-corrected chi connectivity index (χ0v) is 16.3. The van der Waals surface area contributed by atoms with E-state index < -0.39 is 0 Å². The Bertz CT molecular complexity index is 1050. The number of carbonyl (C=O) groups excluding carboxylic acids is 1. The second-order valence-electron chi connectivity index (χ2n) is 6.98. The van der Waals surface area contributed by atoms with Crippen molar-refractivity contribution in [3.05, 3.63) is 75.1 Å². The molecule has 6 heteroatoms. The van der Waals surface area contributed by atoms with Gasteiger partial charge in [-0.3, -0.25) is 9.69 Å². The van der Waals surface area contributed by atoms with Crippen molar-refractivity contribution in [2.24, 2.45) is 0 Å². The molecule has 0 saturated heterocycles. The average molecular weight is 393 g/mol. The van der Waals surface area contributed by atoms with Crippen molar-refractivity contribution >= 4 is 23.2 Å². The third-order valence-electron chi connectivity index (χ3n) is 5.06. The predicted molar refractivity (Wildman–Crippen MR) is 107 cm³/mol. The highest BCUT2D eigenvalue weighted by atomic mass is 32.1. The normalized spacial score (nSPS) is 17.3. The van der Waals surface area contributed by atoms with Crippen LogP contribution in [0.1, 0.15) is 32.1 Å². The van der Waals surface area contributed by atoms with Gasteiger partial charge in [0.2, 0.25) is 5.78 Å². The number of Topliss-reactive ketones (excluding diaryl/α,β-unsaturated/α-hetero) is 1. The summed E-state index contributed by atoms with van der Waals surface area (Å²) < 4.78 is 17.3. The maximum Gasteiger partial charge on any atom is 0.232 e. The van der Waals surface area contributed by atoms with E-state index in [1.165, 1.54) is 4.88 Å². The molecule has 142 valence electrons. The Balaban J connectivity index is 1.43. The fraction of sp³-hybridized carbons (Fsp3) is 0.227. The van der Waals surface area contributed by atoms with Crippen LogP contribution in [0.15, 0.2) is 52.2 Å². The Morgan fingerprint density at radius 3 is 3.00 bits per heavy atom. The molecule has 4 heterocycles. The summed E-state index contributed by atoms with van der Waals surface area (Å²) in [6.45, 7) is 4.05. The quantitative estimate of drug-likeness (QED) is 0.604. The summed E-state index contributed by atoms with van der Waals surface area (Å²) in [6, 6.07) is 9.75. The van der Waals surface area contributed by atoms with Gasteiger partial charge in [-0.15, -0.1) is 11.3 Å². The number of fused-ring (bicyclic) bond motifs is 3. The number of hydrogen-bond donors (Lipinski definition) is 0. The monoisotopic (exact) mass is 393 g/mol. The molecular formula is C22H19NO4S. The van der Waals surface area contributed by atoms with Crippen LogP contribution < -0.4 is 9.47 Å². The molecule has 0 saturated carbocycles. The van der Waals surface area contributed by atoms with E-state index in [1.807, 2.05) is 13.0 Å². The Hall–Kier alpha value is -2.83. The molecule has 1 aromatic carbocycles. The average Bonchev–Trinajstić information content (AvgIpc) is 3.44. The third kappa shape index (κ3) is 3.04. The standard InChI is InChI=1S/C22H19NO4S/c1-14-10-18-17(12-23(13-26-18)7-6-16-5-3-9-28-16)22-20(14)21(24)19(27-22)11-15-4-2-8-25-15/h2-5,8-11H,6-7,12-13H2,1H3/b19-11-. The molecule has 0 atom stereocenters. The van der Waals surface area contributed by atoms with Crippen molar-refractivity contribution in [1.29, 1.82) is 0 Å². The lowest BCUT2D eigenvalue weighted by Crippen LogP contribution is -2.33. The highest BCUT2D eigenvalue weighted by molar-refractivity contribution is 7.09. The van der Waals surface area contributed by atoms with Crippen molar-refractivity contribution in [3.63, 3.8) is 0 Å². The minimum atomic E-state index is -0.109. The second-order valence-corrected chi connectivity index (χ2v) is 8.02. The largest absolute Gasteiger partial charge is 0.478 e. The fourth-order valence-corrected chi connectivity index (χ4v) is 4.34. The van der Waals surface area contributed by atoms with Gasteiger partial charge in [-0.05, 0) is 48.6 Å². The van der Waals surface area contributed by atoms with Gasteiger partial charge in [0, 0.05) is 24.0 Å². The van der Waals surface area contributed by atoms with E-state index in [9.17, 15) is 4.79 Å². The first-order valence-corrected chi connectivity index (χ1v) is 10.1. The fourth-order valence-electron chi connectivity index (χ4n) is 3.65. The summed E-state index contributed by atoms with van der Waals surface area (Å²) in [7, 11) is 0. The van der Waals surface area contributed by atoms with Gasteiger partial charge in [-0.25, -0.2) is 0 Å². The van der Waals surface area contributed by atoms with Gasteiger partial charge in [-0.2, -0.15) is 0 Å². The molecule has 0 bridgehead atoms. The number of aryl methyl sites for hydroxylation is 1. The van der Waals surface area contributed by atoms with Crippen LogP contribution in [0.5, 0.6) is 11.5 Å². The number of ketones is 1. The number of benzene rings is 1. The Kier molecular flexibility index (Phi) is 4.30. The number of allylic oxidation sites excluding steroid dienone is 1. The molecule has 28 heavy (non-hydrogen) atoms. The van der Waals surface area contributed by atoms with Gasteiger partial charge in [0.25, 0.3) is 0 Å². The van der Waals surface area contributed by atoms with Gasteiger partial charge < -0.3 is 13.9 Å². The summed E-state index contributed by atoms with van der Waals surface area (Å²) in [4.78, 5) is 16.5. The van der Waals surface area contributed by atoms with Gasteiger partial charge in [0.1, 0.15) is 24.0 Å². The maximum absolute atomic E-state index is 12.9. The topological polar surface area (TPSA) is 51.9 Å². The van der Waals surface area contributed by atoms with Gasteiger partial charge in [0.05, 0.1) is 17.4 Å². The number of rotatable bonds is 4. The Morgan fingerprint density at radius 1 is 1.29 bits per heavy atom. The number of furan rings is 1. The molecule has 0 spiro atoms. The summed E-state index contributed by atoms with van der Waals surface area (Å²) in [5.41, 5.74) is 2.43. The summed E-state index contributed by atoms with van der Waals surface area (Å²) in [6.07, 6.45) is 4.20. The number of hydrogen-bond acceptors (Lipinski definition) is 6. The van der Waals surface area contributed by atoms with Crippen LogP contribution in [-0.2, 0) is 13.0 Å². The Labute approximate surface area is 166 Å². The first kappa shape index (κ1) is 17.3. The van der Waals surface area contributed by atoms with Crippen LogP contribution in [0, 0.1) is 6.92 Å². The van der Waals surface area contributed by atoms with Crippen LogP contribution in [-0.4, -0.2) is 24.0 Å².